The highest BCUT2D eigenvalue weighted by Crippen LogP contribution is 2.26. The van der Waals surface area contributed by atoms with Crippen molar-refractivity contribution >= 4 is 11.9 Å². The third kappa shape index (κ3) is 50.3. The Morgan fingerprint density at radius 2 is 0.818 bits per heavy atom. The lowest BCUT2D eigenvalue weighted by molar-refractivity contribution is -0.305. The summed E-state index contributed by atoms with van der Waals surface area (Å²) in [5.41, 5.74) is 0. The lowest BCUT2D eigenvalue weighted by Gasteiger charge is -2.41. The average Bonchev–Trinajstić information content (AvgIpc) is 2.78. The van der Waals surface area contributed by atoms with Crippen LogP contribution in [0.15, 0.2) is 97.2 Å². The lowest BCUT2D eigenvalue weighted by Crippen LogP contribution is -2.61. The first-order valence-corrected chi connectivity index (χ1v) is 36.5. The quantitative estimate of drug-likeness (QED) is 0.0195. The van der Waals surface area contributed by atoms with Crippen LogP contribution in [0.4, 0.5) is 0 Å². The molecule has 88 heavy (non-hydrogen) atoms. The molecule has 11 heteroatoms. The van der Waals surface area contributed by atoms with Gasteiger partial charge in [0.05, 0.1) is 25.4 Å². The number of rotatable bonds is 62. The van der Waals surface area contributed by atoms with Crippen molar-refractivity contribution in [2.45, 2.75) is 365 Å². The van der Waals surface area contributed by atoms with Gasteiger partial charge in [0.15, 0.2) is 12.4 Å². The first-order valence-electron chi connectivity index (χ1n) is 36.5. The first kappa shape index (κ1) is 82.6. The maximum atomic E-state index is 13.5. The van der Waals surface area contributed by atoms with Crippen LogP contribution in [0.1, 0.15) is 316 Å². The number of allylic oxidation sites excluding steroid dienone is 15. The minimum Gasteiger partial charge on any atom is -0.454 e. The summed E-state index contributed by atoms with van der Waals surface area (Å²) in [6, 6.07) is -1.05. The first-order chi connectivity index (χ1) is 43.2. The molecular weight excluding hydrogens is 1100 g/mol. The number of unbranched alkanes of at least 4 members (excludes halogenated alkanes) is 34. The zero-order valence-electron chi connectivity index (χ0n) is 56.6. The molecule has 1 aliphatic rings. The Hall–Kier alpha value is -3.42. The van der Waals surface area contributed by atoms with Gasteiger partial charge in [-0.15, -0.1) is 0 Å². The number of amides is 1. The maximum absolute atomic E-state index is 13.5. The molecule has 11 nitrogen and oxygen atoms in total. The number of hydrogen-bond acceptors (Lipinski definition) is 10. The second kappa shape index (κ2) is 63.7. The number of hydrogen-bond donors (Lipinski definition) is 6. The molecule has 1 saturated heterocycles. The van der Waals surface area contributed by atoms with E-state index in [-0.39, 0.29) is 19.4 Å². The Balaban J connectivity index is 2.57. The smallest absolute Gasteiger partial charge is 0.306 e. The average molecular weight is 1230 g/mol. The third-order valence-corrected chi connectivity index (χ3v) is 16.7. The Morgan fingerprint density at radius 1 is 0.455 bits per heavy atom. The Kier molecular flexibility index (Phi) is 59.8. The van der Waals surface area contributed by atoms with E-state index in [1.54, 1.807) is 6.08 Å². The van der Waals surface area contributed by atoms with Crippen LogP contribution in [0.2, 0.25) is 0 Å². The second-order valence-electron chi connectivity index (χ2n) is 24.9. The summed E-state index contributed by atoms with van der Waals surface area (Å²) in [5.74, 6) is -1.24. The van der Waals surface area contributed by atoms with Crippen molar-refractivity contribution in [3.63, 3.8) is 0 Å². The Labute approximate surface area is 539 Å². The predicted octanol–water partition coefficient (Wildman–Crippen LogP) is 19.0. The van der Waals surface area contributed by atoms with E-state index >= 15 is 0 Å². The van der Waals surface area contributed by atoms with Gasteiger partial charge in [-0.3, -0.25) is 9.59 Å². The molecule has 0 spiro atoms. The Morgan fingerprint density at radius 3 is 1.24 bits per heavy atom. The number of carbonyl (C=O) groups is 2. The highest BCUT2D eigenvalue weighted by Gasteiger charge is 2.47. The van der Waals surface area contributed by atoms with Crippen molar-refractivity contribution in [2.24, 2.45) is 0 Å². The van der Waals surface area contributed by atoms with Gasteiger partial charge in [-0.2, -0.15) is 0 Å². The summed E-state index contributed by atoms with van der Waals surface area (Å²) >= 11 is 0. The zero-order valence-corrected chi connectivity index (χ0v) is 56.6. The van der Waals surface area contributed by atoms with E-state index in [1.807, 2.05) is 12.2 Å². The Bertz CT molecular complexity index is 1800. The van der Waals surface area contributed by atoms with Crippen LogP contribution < -0.4 is 5.32 Å². The molecule has 508 valence electrons. The van der Waals surface area contributed by atoms with Crippen molar-refractivity contribution in [1.29, 1.82) is 0 Å². The topological polar surface area (TPSA) is 175 Å². The van der Waals surface area contributed by atoms with Crippen LogP contribution in [-0.4, -0.2) is 99.6 Å². The van der Waals surface area contributed by atoms with E-state index in [0.29, 0.717) is 19.3 Å². The molecule has 8 atom stereocenters. The molecule has 0 aromatic carbocycles. The van der Waals surface area contributed by atoms with Gasteiger partial charge >= 0.3 is 5.97 Å². The molecule has 8 unspecified atom stereocenters. The van der Waals surface area contributed by atoms with Crippen LogP contribution in [0.25, 0.3) is 0 Å². The molecular formula is C77H135NO10. The fourth-order valence-corrected chi connectivity index (χ4v) is 11.0. The number of carbonyl (C=O) groups excluding carboxylic acids is 2. The number of nitrogens with one attached hydrogen (secondary N) is 1. The second-order valence-corrected chi connectivity index (χ2v) is 24.9. The molecule has 1 amide bonds. The van der Waals surface area contributed by atoms with E-state index in [2.05, 4.69) is 105 Å². The molecule has 6 N–H and O–H groups in total. The summed E-state index contributed by atoms with van der Waals surface area (Å²) in [5, 5.41) is 57.2. The van der Waals surface area contributed by atoms with E-state index in [0.717, 1.165) is 83.5 Å². The molecule has 0 aromatic rings. The minimum absolute atomic E-state index is 0.117. The largest absolute Gasteiger partial charge is 0.454 e. The summed E-state index contributed by atoms with van der Waals surface area (Å²) in [6.07, 6.45) is 76.1. The summed E-state index contributed by atoms with van der Waals surface area (Å²) in [7, 11) is 0. The number of aliphatic hydroxyl groups is 5. The van der Waals surface area contributed by atoms with Gasteiger partial charge in [0.25, 0.3) is 0 Å². The van der Waals surface area contributed by atoms with Gasteiger partial charge in [0.1, 0.15) is 24.4 Å². The molecule has 1 heterocycles. The fraction of sp³-hybridized carbons (Fsp3) is 0.766. The molecule has 0 aromatic heterocycles. The van der Waals surface area contributed by atoms with Gasteiger partial charge < -0.3 is 45.1 Å². The highest BCUT2D eigenvalue weighted by atomic mass is 16.7. The third-order valence-electron chi connectivity index (χ3n) is 16.7. The molecule has 1 rings (SSSR count). The van der Waals surface area contributed by atoms with Crippen LogP contribution in [0.3, 0.4) is 0 Å². The normalized spacial score (nSPS) is 18.8. The molecule has 0 saturated carbocycles. The van der Waals surface area contributed by atoms with E-state index in [1.165, 1.54) is 180 Å². The van der Waals surface area contributed by atoms with E-state index in [4.69, 9.17) is 14.2 Å². The van der Waals surface area contributed by atoms with Crippen molar-refractivity contribution in [2.75, 3.05) is 13.2 Å². The van der Waals surface area contributed by atoms with Crippen molar-refractivity contribution in [3.05, 3.63) is 97.2 Å². The summed E-state index contributed by atoms with van der Waals surface area (Å²) < 4.78 is 17.7. The van der Waals surface area contributed by atoms with Crippen molar-refractivity contribution < 1.29 is 49.3 Å². The van der Waals surface area contributed by atoms with Gasteiger partial charge in [-0.1, -0.05) is 304 Å². The zero-order chi connectivity index (χ0) is 63.9. The van der Waals surface area contributed by atoms with Gasteiger partial charge in [0, 0.05) is 6.42 Å². The SMILES string of the molecule is CC/C=C\C/C=C\C/C=C\C/C=C\C/C=C\C/C=C\CCCC(O)C(=O)NC(COC1OC(CO)C(O)C(O)C1OC(=O)CCCCCCCCCCCCCCCCCCC/C=C/CCCCCCCC)C(O)/C=C/CCCCCCCCCCCC. The molecule has 0 aliphatic carbocycles. The fourth-order valence-electron chi connectivity index (χ4n) is 11.0. The number of ether oxygens (including phenoxy) is 3. The maximum Gasteiger partial charge on any atom is 0.306 e. The van der Waals surface area contributed by atoms with E-state index in [9.17, 15) is 35.1 Å². The van der Waals surface area contributed by atoms with Crippen LogP contribution in [0.5, 0.6) is 0 Å². The predicted molar refractivity (Wildman–Crippen MR) is 370 cm³/mol. The van der Waals surface area contributed by atoms with Gasteiger partial charge in [-0.05, 0) is 103 Å². The number of aliphatic hydroxyl groups excluding tert-OH is 5. The van der Waals surface area contributed by atoms with Crippen molar-refractivity contribution in [1.82, 2.24) is 5.32 Å². The summed E-state index contributed by atoms with van der Waals surface area (Å²) in [4.78, 5) is 26.7. The monoisotopic (exact) mass is 1230 g/mol. The molecule has 1 fully saturated rings. The highest BCUT2D eigenvalue weighted by molar-refractivity contribution is 5.80. The molecule has 0 bridgehead atoms. The van der Waals surface area contributed by atoms with Crippen molar-refractivity contribution in [3.8, 4) is 0 Å². The van der Waals surface area contributed by atoms with Crippen LogP contribution >= 0.6 is 0 Å². The van der Waals surface area contributed by atoms with Gasteiger partial charge in [-0.25, -0.2) is 0 Å². The molecule has 0 radical (unpaired) electrons. The minimum atomic E-state index is -1.63. The number of esters is 1. The molecule has 1 aliphatic heterocycles. The van der Waals surface area contributed by atoms with Gasteiger partial charge in [0.2, 0.25) is 5.91 Å². The van der Waals surface area contributed by atoms with Crippen LogP contribution in [0, 0.1) is 0 Å². The summed E-state index contributed by atoms with van der Waals surface area (Å²) in [6.45, 7) is 5.67. The lowest BCUT2D eigenvalue weighted by atomic mass is 9.99. The van der Waals surface area contributed by atoms with E-state index < -0.39 is 67.4 Å². The van der Waals surface area contributed by atoms with Crippen LogP contribution in [-0.2, 0) is 23.8 Å². The standard InChI is InChI=1S/C77H135NO10/c1-4-7-10-13-16-19-22-25-27-29-31-33-34-35-36-37-38-39-41-43-45-47-50-53-56-59-62-65-72(82)88-75-74(84)73(83)71(66-79)87-77(75)86-67-68(69(80)63-60-57-54-51-48-24-21-18-15-12-9-6-3)78-76(85)70(81)64-61-58-55-52-49-46-44-42-40-32-30-28-26-23-20-17-14-11-8-5-2/h8,11,17,20,25-28,32,40,44,46,52,55,60,63,68-71,73-75,77,79-81,83-84H,4-7,9-10,12-16,18-19,21-24,29-31,33-39,41-43,45,47-51,53-54,56-59,61-62,64-67H2,1-3H3,(H,78,85)/b11-8-,20-17-,27-25+,28-26-,40-32-,46-44-,55-52-,63-60+.